The van der Waals surface area contributed by atoms with Gasteiger partial charge >= 0.3 is 0 Å². The molecule has 0 aromatic carbocycles. The Labute approximate surface area is 103 Å². The van der Waals surface area contributed by atoms with Crippen molar-refractivity contribution in [2.45, 2.75) is 18.9 Å². The maximum Gasteiger partial charge on any atom is 0.0506 e. The lowest BCUT2D eigenvalue weighted by Crippen LogP contribution is -2.46. The maximum atomic E-state index is 5.53. The number of hydrogen-bond donors (Lipinski definition) is 1. The van der Waals surface area contributed by atoms with Crippen LogP contribution in [-0.4, -0.2) is 62.3 Å². The van der Waals surface area contributed by atoms with E-state index in [9.17, 15) is 0 Å². The van der Waals surface area contributed by atoms with Crippen LogP contribution in [0.1, 0.15) is 12.8 Å². The van der Waals surface area contributed by atoms with E-state index in [1.54, 1.807) is 0 Å². The lowest BCUT2D eigenvalue weighted by molar-refractivity contribution is 0.0412. The van der Waals surface area contributed by atoms with Crippen molar-refractivity contribution in [1.82, 2.24) is 10.2 Å². The van der Waals surface area contributed by atoms with Crippen molar-refractivity contribution in [2.75, 3.05) is 51.4 Å². The van der Waals surface area contributed by atoms with E-state index in [4.69, 9.17) is 4.74 Å². The molecule has 0 aliphatic carbocycles. The van der Waals surface area contributed by atoms with Gasteiger partial charge in [0.15, 0.2) is 0 Å². The molecule has 2 rings (SSSR count). The van der Waals surface area contributed by atoms with Crippen LogP contribution in [0, 0.1) is 5.92 Å². The summed E-state index contributed by atoms with van der Waals surface area (Å²) < 4.78 is 5.53. The number of hydrogen-bond acceptors (Lipinski definition) is 4. The van der Waals surface area contributed by atoms with Crippen molar-refractivity contribution in [1.29, 1.82) is 0 Å². The van der Waals surface area contributed by atoms with E-state index in [1.807, 2.05) is 0 Å². The Morgan fingerprint density at radius 3 is 3.06 bits per heavy atom. The fourth-order valence-corrected chi connectivity index (χ4v) is 3.52. The summed E-state index contributed by atoms with van der Waals surface area (Å²) in [7, 11) is 2.25. The second-order valence-electron chi connectivity index (χ2n) is 5.03. The van der Waals surface area contributed by atoms with Crippen LogP contribution in [0.25, 0.3) is 0 Å². The maximum absolute atomic E-state index is 5.53. The number of ether oxygens (including phenoxy) is 1. The van der Waals surface area contributed by atoms with Crippen molar-refractivity contribution in [3.63, 3.8) is 0 Å². The van der Waals surface area contributed by atoms with Gasteiger partial charge in [-0.1, -0.05) is 0 Å². The van der Waals surface area contributed by atoms with E-state index in [0.717, 1.165) is 19.1 Å². The fraction of sp³-hybridized carbons (Fsp3) is 1.00. The van der Waals surface area contributed by atoms with E-state index < -0.39 is 0 Å². The predicted octanol–water partition coefficient (Wildman–Crippen LogP) is 1.05. The molecule has 0 aromatic rings. The molecule has 2 heterocycles. The number of likely N-dealkylation sites (N-methyl/N-ethyl adjacent to an activating group) is 1. The second-order valence-corrected chi connectivity index (χ2v) is 6.18. The van der Waals surface area contributed by atoms with Crippen molar-refractivity contribution >= 4 is 11.8 Å². The SMILES string of the molecule is CN(CC1CCCOC1)CC1CSCCN1. The zero-order valence-electron chi connectivity index (χ0n) is 10.3. The third kappa shape index (κ3) is 4.24. The van der Waals surface area contributed by atoms with Gasteiger partial charge in [0, 0.05) is 43.8 Å². The van der Waals surface area contributed by atoms with Gasteiger partial charge in [0.05, 0.1) is 6.61 Å². The van der Waals surface area contributed by atoms with Gasteiger partial charge in [0.2, 0.25) is 0 Å². The molecule has 2 saturated heterocycles. The van der Waals surface area contributed by atoms with Crippen LogP contribution >= 0.6 is 11.8 Å². The van der Waals surface area contributed by atoms with Crippen LogP contribution in [-0.2, 0) is 4.74 Å². The summed E-state index contributed by atoms with van der Waals surface area (Å²) in [5.41, 5.74) is 0. The summed E-state index contributed by atoms with van der Waals surface area (Å²) in [5, 5.41) is 3.59. The van der Waals surface area contributed by atoms with Gasteiger partial charge in [0.1, 0.15) is 0 Å². The van der Waals surface area contributed by atoms with Gasteiger partial charge < -0.3 is 15.0 Å². The highest BCUT2D eigenvalue weighted by molar-refractivity contribution is 7.99. The molecule has 4 heteroatoms. The Balaban J connectivity index is 1.64. The number of rotatable bonds is 4. The molecule has 0 amide bonds. The predicted molar refractivity (Wildman–Crippen MR) is 70.2 cm³/mol. The fourth-order valence-electron chi connectivity index (χ4n) is 2.58. The van der Waals surface area contributed by atoms with E-state index in [0.29, 0.717) is 6.04 Å². The summed E-state index contributed by atoms with van der Waals surface area (Å²) in [5.74, 6) is 3.30. The Morgan fingerprint density at radius 2 is 2.38 bits per heavy atom. The minimum atomic E-state index is 0.688. The lowest BCUT2D eigenvalue weighted by atomic mass is 10.0. The van der Waals surface area contributed by atoms with E-state index >= 15 is 0 Å². The topological polar surface area (TPSA) is 24.5 Å². The van der Waals surface area contributed by atoms with Gasteiger partial charge in [-0.25, -0.2) is 0 Å². The highest BCUT2D eigenvalue weighted by Crippen LogP contribution is 2.15. The van der Waals surface area contributed by atoms with Crippen LogP contribution < -0.4 is 5.32 Å². The van der Waals surface area contributed by atoms with Crippen LogP contribution in [0.15, 0.2) is 0 Å². The van der Waals surface area contributed by atoms with Crippen molar-refractivity contribution in [3.05, 3.63) is 0 Å². The number of nitrogens with zero attached hydrogens (tertiary/aromatic N) is 1. The molecule has 0 saturated carbocycles. The van der Waals surface area contributed by atoms with E-state index in [1.165, 1.54) is 44.0 Å². The summed E-state index contributed by atoms with van der Waals surface area (Å²) >= 11 is 2.08. The first kappa shape index (κ1) is 12.7. The van der Waals surface area contributed by atoms with Crippen LogP contribution in [0.4, 0.5) is 0 Å². The standard InChI is InChI=1S/C12H24N2OS/c1-14(7-11-3-2-5-15-9-11)8-12-10-16-6-4-13-12/h11-13H,2-10H2,1H3. The van der Waals surface area contributed by atoms with Crippen LogP contribution in [0.5, 0.6) is 0 Å². The molecular weight excluding hydrogens is 220 g/mol. The molecule has 2 fully saturated rings. The zero-order valence-corrected chi connectivity index (χ0v) is 11.1. The number of nitrogens with one attached hydrogen (secondary N) is 1. The van der Waals surface area contributed by atoms with Gasteiger partial charge in [-0.2, -0.15) is 11.8 Å². The van der Waals surface area contributed by atoms with Gasteiger partial charge in [-0.05, 0) is 25.8 Å². The zero-order chi connectivity index (χ0) is 11.2. The molecule has 3 nitrogen and oxygen atoms in total. The molecule has 0 spiro atoms. The Bertz CT molecular complexity index is 171. The number of thioether (sulfide) groups is 1. The highest BCUT2D eigenvalue weighted by atomic mass is 32.2. The molecule has 0 radical (unpaired) electrons. The van der Waals surface area contributed by atoms with Gasteiger partial charge in [-0.3, -0.25) is 0 Å². The summed E-state index contributed by atoms with van der Waals surface area (Å²) in [4.78, 5) is 2.48. The summed E-state index contributed by atoms with van der Waals surface area (Å²) in [6.07, 6.45) is 2.59. The first-order chi connectivity index (χ1) is 7.84. The molecule has 1 N–H and O–H groups in total. The average Bonchev–Trinajstić information content (AvgIpc) is 2.31. The van der Waals surface area contributed by atoms with Crippen molar-refractivity contribution < 1.29 is 4.74 Å². The molecule has 2 aliphatic rings. The lowest BCUT2D eigenvalue weighted by Gasteiger charge is -2.31. The molecule has 0 aromatic heterocycles. The second kappa shape index (κ2) is 6.84. The Kier molecular flexibility index (Phi) is 5.42. The van der Waals surface area contributed by atoms with Crippen LogP contribution in [0.2, 0.25) is 0 Å². The van der Waals surface area contributed by atoms with E-state index in [2.05, 4.69) is 29.0 Å². The first-order valence-corrected chi connectivity index (χ1v) is 7.57. The molecule has 2 unspecified atom stereocenters. The average molecular weight is 244 g/mol. The normalized spacial score (nSPS) is 31.9. The quantitative estimate of drug-likeness (QED) is 0.799. The minimum absolute atomic E-state index is 0.688. The third-order valence-corrected chi connectivity index (χ3v) is 4.49. The highest BCUT2D eigenvalue weighted by Gasteiger charge is 2.19. The largest absolute Gasteiger partial charge is 0.381 e. The Hall–Kier alpha value is 0.230. The molecular formula is C12H24N2OS. The summed E-state index contributed by atoms with van der Waals surface area (Å²) in [6, 6.07) is 0.688. The molecule has 0 bridgehead atoms. The Morgan fingerprint density at radius 1 is 1.44 bits per heavy atom. The minimum Gasteiger partial charge on any atom is -0.381 e. The van der Waals surface area contributed by atoms with Crippen LogP contribution in [0.3, 0.4) is 0 Å². The molecule has 16 heavy (non-hydrogen) atoms. The molecule has 2 aliphatic heterocycles. The van der Waals surface area contributed by atoms with Gasteiger partial charge in [-0.15, -0.1) is 0 Å². The monoisotopic (exact) mass is 244 g/mol. The molecule has 94 valence electrons. The first-order valence-electron chi connectivity index (χ1n) is 6.42. The smallest absolute Gasteiger partial charge is 0.0506 e. The van der Waals surface area contributed by atoms with Gasteiger partial charge in [0.25, 0.3) is 0 Å². The van der Waals surface area contributed by atoms with Crippen molar-refractivity contribution in [3.8, 4) is 0 Å². The molecule has 2 atom stereocenters. The third-order valence-electron chi connectivity index (χ3n) is 3.35. The van der Waals surface area contributed by atoms with Crippen molar-refractivity contribution in [2.24, 2.45) is 5.92 Å². The van der Waals surface area contributed by atoms with E-state index in [-0.39, 0.29) is 0 Å². The summed E-state index contributed by atoms with van der Waals surface area (Å²) in [6.45, 7) is 5.50.